The fraction of sp³-hybridized carbons (Fsp3) is 0.211. The van der Waals surface area contributed by atoms with E-state index in [9.17, 15) is 14.4 Å². The van der Waals surface area contributed by atoms with Crippen molar-refractivity contribution in [1.82, 2.24) is 14.8 Å². The van der Waals surface area contributed by atoms with E-state index in [0.29, 0.717) is 5.69 Å². The van der Waals surface area contributed by atoms with E-state index in [1.165, 1.54) is 0 Å². The molecule has 0 spiro atoms. The zero-order chi connectivity index (χ0) is 18.3. The summed E-state index contributed by atoms with van der Waals surface area (Å²) in [5.41, 5.74) is 2.88. The van der Waals surface area contributed by atoms with Crippen molar-refractivity contribution in [1.29, 1.82) is 0 Å². The Morgan fingerprint density at radius 1 is 1.12 bits per heavy atom. The number of hydrogen-bond acceptors (Lipinski definition) is 3. The number of amides is 4. The van der Waals surface area contributed by atoms with Crippen molar-refractivity contribution in [3.8, 4) is 0 Å². The van der Waals surface area contributed by atoms with Crippen molar-refractivity contribution in [2.45, 2.75) is 13.5 Å². The number of para-hydroxylation sites is 1. The van der Waals surface area contributed by atoms with Crippen LogP contribution in [-0.4, -0.2) is 40.4 Å². The summed E-state index contributed by atoms with van der Waals surface area (Å²) in [6, 6.07) is 13.3. The summed E-state index contributed by atoms with van der Waals surface area (Å²) in [4.78, 5) is 36.3. The molecule has 1 aliphatic heterocycles. The van der Waals surface area contributed by atoms with Crippen molar-refractivity contribution in [3.63, 3.8) is 0 Å². The molecule has 7 nitrogen and oxygen atoms in total. The molecule has 26 heavy (non-hydrogen) atoms. The Kier molecular flexibility index (Phi) is 3.84. The molecule has 0 bridgehead atoms. The van der Waals surface area contributed by atoms with Crippen LogP contribution in [0.5, 0.6) is 0 Å². The highest BCUT2D eigenvalue weighted by atomic mass is 16.2. The third-order valence-electron chi connectivity index (χ3n) is 4.61. The average Bonchev–Trinajstić information content (AvgIpc) is 3.13. The quantitative estimate of drug-likeness (QED) is 0.708. The molecule has 0 aliphatic carbocycles. The van der Waals surface area contributed by atoms with Gasteiger partial charge in [-0.15, -0.1) is 0 Å². The Balaban J connectivity index is 1.63. The predicted octanol–water partition coefficient (Wildman–Crippen LogP) is 2.30. The van der Waals surface area contributed by atoms with Gasteiger partial charge < -0.3 is 15.2 Å². The molecule has 1 fully saturated rings. The summed E-state index contributed by atoms with van der Waals surface area (Å²) >= 11 is 0. The Hall–Kier alpha value is -3.35. The normalized spacial score (nSPS) is 14.3. The van der Waals surface area contributed by atoms with Crippen LogP contribution in [0.4, 0.5) is 10.5 Å². The largest absolute Gasteiger partial charge is 0.341 e. The summed E-state index contributed by atoms with van der Waals surface area (Å²) in [5, 5.41) is 7.34. The van der Waals surface area contributed by atoms with Gasteiger partial charge in [0.25, 0.3) is 5.91 Å². The van der Waals surface area contributed by atoms with Crippen LogP contribution >= 0.6 is 0 Å². The second-order valence-electron chi connectivity index (χ2n) is 6.18. The molecule has 1 aromatic heterocycles. The Bertz CT molecular complexity index is 1040. The number of anilines is 1. The molecule has 3 aromatic rings. The Labute approximate surface area is 149 Å². The van der Waals surface area contributed by atoms with Crippen LogP contribution in [0.1, 0.15) is 6.92 Å². The highest BCUT2D eigenvalue weighted by Gasteiger charge is 2.30. The van der Waals surface area contributed by atoms with Crippen molar-refractivity contribution in [2.75, 3.05) is 18.4 Å². The number of carbonyl (C=O) groups excluding carboxylic acids is 3. The molecule has 0 saturated carbocycles. The lowest BCUT2D eigenvalue weighted by Crippen LogP contribution is -2.38. The molecule has 1 saturated heterocycles. The van der Waals surface area contributed by atoms with Gasteiger partial charge in [-0.2, -0.15) is 0 Å². The number of urea groups is 1. The zero-order valence-electron chi connectivity index (χ0n) is 14.3. The van der Waals surface area contributed by atoms with Gasteiger partial charge in [-0.25, -0.2) is 4.79 Å². The number of aromatic nitrogens is 1. The Morgan fingerprint density at radius 3 is 2.62 bits per heavy atom. The minimum Gasteiger partial charge on any atom is -0.341 e. The number of benzene rings is 2. The molecule has 4 rings (SSSR count). The van der Waals surface area contributed by atoms with E-state index in [-0.39, 0.29) is 13.1 Å². The van der Waals surface area contributed by atoms with E-state index in [2.05, 4.69) is 34.3 Å². The molecule has 0 unspecified atom stereocenters. The SMILES string of the molecule is CCn1c2ccccc2c2cc(NC(=O)CN3C(=O)CNC3=O)ccc21. The fourth-order valence-electron chi connectivity index (χ4n) is 3.43. The summed E-state index contributed by atoms with van der Waals surface area (Å²) < 4.78 is 2.23. The number of rotatable bonds is 4. The number of nitrogens with zero attached hydrogens (tertiary/aromatic N) is 2. The van der Waals surface area contributed by atoms with Crippen LogP contribution in [0.2, 0.25) is 0 Å². The number of carbonyl (C=O) groups is 3. The molecule has 2 aromatic carbocycles. The van der Waals surface area contributed by atoms with Gasteiger partial charge >= 0.3 is 6.03 Å². The van der Waals surface area contributed by atoms with Gasteiger partial charge in [0, 0.05) is 34.0 Å². The van der Waals surface area contributed by atoms with Crippen LogP contribution < -0.4 is 10.6 Å². The smallest absolute Gasteiger partial charge is 0.325 e. The molecule has 4 amide bonds. The van der Waals surface area contributed by atoms with Crippen LogP contribution in [-0.2, 0) is 16.1 Å². The van der Waals surface area contributed by atoms with Crippen LogP contribution in [0, 0.1) is 0 Å². The van der Waals surface area contributed by atoms with Gasteiger partial charge in [0.2, 0.25) is 5.91 Å². The summed E-state index contributed by atoms with van der Waals surface area (Å²) in [7, 11) is 0. The first-order chi connectivity index (χ1) is 12.6. The van der Waals surface area contributed by atoms with Gasteiger partial charge in [-0.05, 0) is 31.2 Å². The van der Waals surface area contributed by atoms with E-state index in [0.717, 1.165) is 33.3 Å². The molecule has 0 atom stereocenters. The molecule has 2 heterocycles. The lowest BCUT2D eigenvalue weighted by molar-refractivity contribution is -0.128. The van der Waals surface area contributed by atoms with Gasteiger partial charge in [-0.3, -0.25) is 14.5 Å². The zero-order valence-corrected chi connectivity index (χ0v) is 14.3. The monoisotopic (exact) mass is 350 g/mol. The van der Waals surface area contributed by atoms with E-state index in [1.54, 1.807) is 0 Å². The first kappa shape index (κ1) is 16.1. The van der Waals surface area contributed by atoms with Crippen molar-refractivity contribution in [2.24, 2.45) is 0 Å². The molecule has 0 radical (unpaired) electrons. The lowest BCUT2D eigenvalue weighted by atomic mass is 10.1. The van der Waals surface area contributed by atoms with Gasteiger partial charge in [0.15, 0.2) is 0 Å². The van der Waals surface area contributed by atoms with Gasteiger partial charge in [0.05, 0.1) is 6.54 Å². The first-order valence-corrected chi connectivity index (χ1v) is 8.47. The van der Waals surface area contributed by atoms with E-state index in [4.69, 9.17) is 0 Å². The van der Waals surface area contributed by atoms with Crippen LogP contribution in [0.3, 0.4) is 0 Å². The minimum atomic E-state index is -0.536. The van der Waals surface area contributed by atoms with Crippen molar-refractivity contribution >= 4 is 45.3 Å². The number of aryl methyl sites for hydroxylation is 1. The standard InChI is InChI=1S/C19H18N4O3/c1-2-22-15-6-4-3-5-13(15)14-9-12(7-8-16(14)22)21-17(24)11-23-18(25)10-20-19(23)26/h3-9H,2,10-11H2,1H3,(H,20,26)(H,21,24). The fourth-order valence-corrected chi connectivity index (χ4v) is 3.43. The van der Waals surface area contributed by atoms with Crippen LogP contribution in [0.25, 0.3) is 21.8 Å². The second kappa shape index (κ2) is 6.18. The molecular formula is C19H18N4O3. The number of imide groups is 1. The third kappa shape index (κ3) is 2.57. The van der Waals surface area contributed by atoms with Crippen molar-refractivity contribution < 1.29 is 14.4 Å². The molecular weight excluding hydrogens is 332 g/mol. The highest BCUT2D eigenvalue weighted by Crippen LogP contribution is 2.30. The summed E-state index contributed by atoms with van der Waals surface area (Å²) in [6.07, 6.45) is 0. The summed E-state index contributed by atoms with van der Waals surface area (Å²) in [5.74, 6) is -0.805. The minimum absolute atomic E-state index is 0.0609. The lowest BCUT2D eigenvalue weighted by Gasteiger charge is -2.12. The van der Waals surface area contributed by atoms with E-state index < -0.39 is 17.8 Å². The summed E-state index contributed by atoms with van der Waals surface area (Å²) in [6.45, 7) is 2.59. The molecule has 132 valence electrons. The first-order valence-electron chi connectivity index (χ1n) is 8.47. The molecule has 2 N–H and O–H groups in total. The molecule has 7 heteroatoms. The average molecular weight is 350 g/mol. The number of hydrogen-bond donors (Lipinski definition) is 2. The van der Waals surface area contributed by atoms with Gasteiger partial charge in [-0.1, -0.05) is 18.2 Å². The van der Waals surface area contributed by atoms with Crippen molar-refractivity contribution in [3.05, 3.63) is 42.5 Å². The maximum absolute atomic E-state index is 12.2. The van der Waals surface area contributed by atoms with E-state index in [1.807, 2.05) is 30.3 Å². The van der Waals surface area contributed by atoms with E-state index >= 15 is 0 Å². The molecule has 1 aliphatic rings. The topological polar surface area (TPSA) is 83.4 Å². The number of nitrogens with one attached hydrogen (secondary N) is 2. The van der Waals surface area contributed by atoms with Crippen LogP contribution in [0.15, 0.2) is 42.5 Å². The highest BCUT2D eigenvalue weighted by molar-refractivity contribution is 6.10. The maximum Gasteiger partial charge on any atom is 0.325 e. The predicted molar refractivity (Wildman–Crippen MR) is 98.9 cm³/mol. The maximum atomic E-state index is 12.2. The Morgan fingerprint density at radius 2 is 1.88 bits per heavy atom. The second-order valence-corrected chi connectivity index (χ2v) is 6.18. The van der Waals surface area contributed by atoms with Gasteiger partial charge in [0.1, 0.15) is 6.54 Å². The third-order valence-corrected chi connectivity index (χ3v) is 4.61. The number of fused-ring (bicyclic) bond motifs is 3.